The van der Waals surface area contributed by atoms with E-state index >= 15 is 0 Å². The Labute approximate surface area is 310 Å². The van der Waals surface area contributed by atoms with Crippen LogP contribution in [0.5, 0.6) is 11.5 Å². The van der Waals surface area contributed by atoms with E-state index in [1.165, 1.54) is 0 Å². The molecule has 4 aromatic carbocycles. The van der Waals surface area contributed by atoms with Crippen molar-refractivity contribution in [3.8, 4) is 56.0 Å². The highest BCUT2D eigenvalue weighted by molar-refractivity contribution is 7.24. The molecule has 5 heterocycles. The van der Waals surface area contributed by atoms with Gasteiger partial charge in [-0.2, -0.15) is 0 Å². The Morgan fingerprint density at radius 3 is 0.923 bits per heavy atom. The molecule has 0 atom stereocenters. The van der Waals surface area contributed by atoms with Crippen LogP contribution in [0, 0.1) is 0 Å². The topological polar surface area (TPSA) is 44.2 Å². The fraction of sp³-hybridized carbons (Fsp3) is 0.0435. The second-order valence-corrected chi connectivity index (χ2v) is 14.6. The summed E-state index contributed by atoms with van der Waals surface area (Å²) in [6.45, 7) is 0. The van der Waals surface area contributed by atoms with Crippen molar-refractivity contribution in [2.75, 3.05) is 14.2 Å². The number of fused-ring (bicyclic) bond motifs is 8. The highest BCUT2D eigenvalue weighted by Gasteiger charge is 2.19. The molecule has 2 aliphatic rings. The van der Waals surface area contributed by atoms with E-state index < -0.39 is 0 Å². The molecule has 0 aliphatic carbocycles. The molecule has 7 aromatic rings. The molecule has 0 saturated heterocycles. The van der Waals surface area contributed by atoms with Gasteiger partial charge in [0.1, 0.15) is 11.5 Å². The van der Waals surface area contributed by atoms with E-state index in [9.17, 15) is 0 Å². The fourth-order valence-corrected chi connectivity index (χ4v) is 9.20. The van der Waals surface area contributed by atoms with E-state index in [-0.39, 0.29) is 0 Å². The molecule has 2 aliphatic heterocycles. The Bertz CT molecular complexity index is 2490. The summed E-state index contributed by atoms with van der Waals surface area (Å²) in [5, 5.41) is 0. The minimum absolute atomic E-state index is 0.817. The number of nitrogens with zero attached hydrogens (tertiary/aromatic N) is 2. The predicted octanol–water partition coefficient (Wildman–Crippen LogP) is 12.8. The number of thiophene rings is 2. The smallest absolute Gasteiger partial charge is 0.118 e. The Morgan fingerprint density at radius 2 is 0.635 bits per heavy atom. The maximum atomic E-state index is 5.53. The molecular formula is C46H32N2O2S2. The van der Waals surface area contributed by atoms with E-state index in [0.717, 1.165) is 97.6 Å². The van der Waals surface area contributed by atoms with Crippen molar-refractivity contribution >= 4 is 65.8 Å². The first-order valence-electron chi connectivity index (χ1n) is 17.0. The highest BCUT2D eigenvalue weighted by Crippen LogP contribution is 2.43. The third-order valence-corrected chi connectivity index (χ3v) is 11.6. The average Bonchev–Trinajstić information content (AvgIpc) is 4.04. The van der Waals surface area contributed by atoms with Crippen molar-refractivity contribution in [1.29, 1.82) is 0 Å². The predicted molar refractivity (Wildman–Crippen MR) is 221 cm³/mol. The third kappa shape index (κ3) is 5.82. The Kier molecular flexibility index (Phi) is 8.31. The monoisotopic (exact) mass is 708 g/mol. The van der Waals surface area contributed by atoms with Crippen LogP contribution in [0.25, 0.3) is 87.6 Å². The fourth-order valence-electron chi connectivity index (χ4n) is 6.88. The van der Waals surface area contributed by atoms with Crippen LogP contribution in [0.1, 0.15) is 22.8 Å². The van der Waals surface area contributed by atoms with Gasteiger partial charge in [-0.05, 0) is 95.1 Å². The van der Waals surface area contributed by atoms with E-state index in [2.05, 4.69) is 133 Å². The van der Waals surface area contributed by atoms with Crippen LogP contribution in [-0.2, 0) is 0 Å². The quantitative estimate of drug-likeness (QED) is 0.172. The van der Waals surface area contributed by atoms with Crippen LogP contribution in [-0.4, -0.2) is 24.2 Å². The first-order chi connectivity index (χ1) is 25.7. The number of benzene rings is 4. The third-order valence-electron chi connectivity index (χ3n) is 9.38. The van der Waals surface area contributed by atoms with Crippen LogP contribution < -0.4 is 9.47 Å². The largest absolute Gasteiger partial charge is 0.497 e. The minimum Gasteiger partial charge on any atom is -0.497 e. The number of hydrogen-bond donors (Lipinski definition) is 0. The van der Waals surface area contributed by atoms with E-state index in [0.29, 0.717) is 0 Å². The molecule has 0 fully saturated rings. The van der Waals surface area contributed by atoms with Crippen LogP contribution >= 0.6 is 22.7 Å². The number of rotatable bonds is 6. The van der Waals surface area contributed by atoms with E-state index in [4.69, 9.17) is 19.4 Å². The van der Waals surface area contributed by atoms with Crippen LogP contribution in [0.4, 0.5) is 0 Å². The van der Waals surface area contributed by atoms with Gasteiger partial charge in [-0.25, -0.2) is 9.97 Å². The second-order valence-electron chi connectivity index (χ2n) is 12.4. The van der Waals surface area contributed by atoms with Gasteiger partial charge in [0, 0.05) is 41.1 Å². The van der Waals surface area contributed by atoms with Crippen molar-refractivity contribution in [2.24, 2.45) is 0 Å². The Balaban J connectivity index is 1.45. The molecule has 0 saturated carbocycles. The molecule has 4 nitrogen and oxygen atoms in total. The summed E-state index contributed by atoms with van der Waals surface area (Å²) in [5.41, 5.74) is 12.5. The SMILES string of the molecule is COc1ccc(-c2c3nc(c(-c4ccccc4)c4ccc(s4)c(-c4ccc(OC)cc4)c4nc(c(-c5ccccc5)c5ccc2s5)C=C4)C=C3)cc1. The molecule has 0 amide bonds. The van der Waals surface area contributed by atoms with E-state index in [1.807, 2.05) is 24.3 Å². The van der Waals surface area contributed by atoms with Gasteiger partial charge in [-0.15, -0.1) is 22.7 Å². The van der Waals surface area contributed by atoms with Crippen molar-refractivity contribution in [3.63, 3.8) is 0 Å². The standard InChI is InChI=1S/C46H32N2O2S2/c1-49-33-17-13-31(14-18-33)45-37-23-21-35(47-37)43(29-9-5-3-6-10-29)40-26-28-42(52-40)46(32-15-19-34(50-2)20-16-32)38-24-22-36(48-38)44(30-11-7-4-8-12-30)39-25-27-41(45)51-39/h3-28H,1-2H3. The molecule has 3 aromatic heterocycles. The van der Waals surface area contributed by atoms with Crippen molar-refractivity contribution in [3.05, 3.63) is 156 Å². The first-order valence-corrected chi connectivity index (χ1v) is 18.7. The van der Waals surface area contributed by atoms with Gasteiger partial charge in [-0.3, -0.25) is 0 Å². The normalized spacial score (nSPS) is 11.9. The van der Waals surface area contributed by atoms with Crippen molar-refractivity contribution in [1.82, 2.24) is 9.97 Å². The summed E-state index contributed by atoms with van der Waals surface area (Å²) < 4.78 is 15.6. The molecule has 6 heteroatoms. The van der Waals surface area contributed by atoms with Gasteiger partial charge in [-0.1, -0.05) is 84.9 Å². The molecule has 52 heavy (non-hydrogen) atoms. The van der Waals surface area contributed by atoms with E-state index in [1.54, 1.807) is 36.9 Å². The lowest BCUT2D eigenvalue weighted by molar-refractivity contribution is 0.415. The zero-order chi connectivity index (χ0) is 35.0. The number of aromatic nitrogens is 2. The van der Waals surface area contributed by atoms with Crippen molar-refractivity contribution in [2.45, 2.75) is 0 Å². The number of hydrogen-bond acceptors (Lipinski definition) is 6. The molecule has 0 unspecified atom stereocenters. The Morgan fingerprint density at radius 1 is 0.346 bits per heavy atom. The summed E-state index contributed by atoms with van der Waals surface area (Å²) >= 11 is 3.53. The van der Waals surface area contributed by atoms with Gasteiger partial charge in [0.05, 0.1) is 37.0 Å². The molecule has 8 bridgehead atoms. The molecule has 9 rings (SSSR count). The number of methoxy groups -OCH3 is 2. The second kappa shape index (κ2) is 13.6. The summed E-state index contributed by atoms with van der Waals surface area (Å²) in [5.74, 6) is 1.63. The molecule has 0 radical (unpaired) electrons. The lowest BCUT2D eigenvalue weighted by atomic mass is 10.0. The molecule has 250 valence electrons. The summed E-state index contributed by atoms with van der Waals surface area (Å²) in [6.07, 6.45) is 8.64. The zero-order valence-corrected chi connectivity index (χ0v) is 30.2. The molecular weight excluding hydrogens is 677 g/mol. The number of ether oxygens (including phenoxy) is 2. The summed E-state index contributed by atoms with van der Waals surface area (Å²) in [6, 6.07) is 46.6. The van der Waals surface area contributed by atoms with Crippen molar-refractivity contribution < 1.29 is 9.47 Å². The first kappa shape index (κ1) is 31.9. The molecule has 0 spiro atoms. The van der Waals surface area contributed by atoms with Crippen LogP contribution in [0.15, 0.2) is 133 Å². The average molecular weight is 709 g/mol. The lowest BCUT2D eigenvalue weighted by Crippen LogP contribution is -1.87. The van der Waals surface area contributed by atoms with Crippen LogP contribution in [0.2, 0.25) is 0 Å². The van der Waals surface area contributed by atoms with Gasteiger partial charge in [0.25, 0.3) is 0 Å². The van der Waals surface area contributed by atoms with Gasteiger partial charge in [0.2, 0.25) is 0 Å². The maximum Gasteiger partial charge on any atom is 0.118 e. The summed E-state index contributed by atoms with van der Waals surface area (Å²) in [4.78, 5) is 10.8. The lowest BCUT2D eigenvalue weighted by Gasteiger charge is -2.07. The van der Waals surface area contributed by atoms with Gasteiger partial charge >= 0.3 is 0 Å². The van der Waals surface area contributed by atoms with Gasteiger partial charge < -0.3 is 9.47 Å². The van der Waals surface area contributed by atoms with Gasteiger partial charge in [0.15, 0.2) is 0 Å². The maximum absolute atomic E-state index is 5.53. The zero-order valence-electron chi connectivity index (χ0n) is 28.5. The van der Waals surface area contributed by atoms with Crippen LogP contribution in [0.3, 0.4) is 0 Å². The minimum atomic E-state index is 0.817. The highest BCUT2D eigenvalue weighted by atomic mass is 32.1. The Hall–Kier alpha value is -6.08. The summed E-state index contributed by atoms with van der Waals surface area (Å²) in [7, 11) is 3.40. The molecule has 0 N–H and O–H groups in total.